The average molecular weight is 431 g/mol. The van der Waals surface area contributed by atoms with Crippen LogP contribution in [0.15, 0.2) is 69.6 Å². The molecule has 3 aromatic rings. The predicted molar refractivity (Wildman–Crippen MR) is 104 cm³/mol. The van der Waals surface area contributed by atoms with E-state index in [-0.39, 0.29) is 29.5 Å². The molecule has 7 heteroatoms. The fraction of sp³-hybridized carbons (Fsp3) is 0.100. The van der Waals surface area contributed by atoms with Crippen LogP contribution in [0.2, 0.25) is 0 Å². The Morgan fingerprint density at radius 2 is 1.78 bits per heavy atom. The van der Waals surface area contributed by atoms with E-state index in [1.165, 1.54) is 30.1 Å². The second-order valence-electron chi connectivity index (χ2n) is 5.83. The number of hydrogen-bond acceptors (Lipinski definition) is 3. The van der Waals surface area contributed by atoms with E-state index < -0.39 is 11.7 Å². The molecule has 0 fully saturated rings. The van der Waals surface area contributed by atoms with Crippen molar-refractivity contribution >= 4 is 33.4 Å². The monoisotopic (exact) mass is 430 g/mol. The molecule has 2 amide bonds. The van der Waals surface area contributed by atoms with Crippen LogP contribution in [-0.4, -0.2) is 30.3 Å². The molecule has 1 heterocycles. The third-order valence-electron chi connectivity index (χ3n) is 3.83. The van der Waals surface area contributed by atoms with Crippen molar-refractivity contribution in [2.45, 2.75) is 0 Å². The van der Waals surface area contributed by atoms with Gasteiger partial charge in [-0.15, -0.1) is 0 Å². The maximum Gasteiger partial charge on any atom is 0.289 e. The Hall–Kier alpha value is -2.93. The molecular weight excluding hydrogens is 415 g/mol. The van der Waals surface area contributed by atoms with E-state index in [0.29, 0.717) is 5.69 Å². The third kappa shape index (κ3) is 4.43. The van der Waals surface area contributed by atoms with Gasteiger partial charge in [-0.1, -0.05) is 24.3 Å². The zero-order valence-corrected chi connectivity index (χ0v) is 16.0. The number of benzene rings is 2. The molecule has 0 bridgehead atoms. The summed E-state index contributed by atoms with van der Waals surface area (Å²) in [6, 6.07) is 16.3. The zero-order chi connectivity index (χ0) is 19.4. The van der Waals surface area contributed by atoms with Crippen LogP contribution in [0.4, 0.5) is 10.1 Å². The lowest BCUT2D eigenvalue weighted by Gasteiger charge is -2.16. The van der Waals surface area contributed by atoms with Gasteiger partial charge in [-0.2, -0.15) is 0 Å². The highest BCUT2D eigenvalue weighted by Gasteiger charge is 2.20. The van der Waals surface area contributed by atoms with Crippen molar-refractivity contribution < 1.29 is 18.4 Å². The number of carbonyl (C=O) groups is 2. The topological polar surface area (TPSA) is 62.6 Å². The van der Waals surface area contributed by atoms with Crippen LogP contribution >= 0.6 is 15.9 Å². The van der Waals surface area contributed by atoms with Crippen LogP contribution < -0.4 is 5.32 Å². The Morgan fingerprint density at radius 1 is 1.07 bits per heavy atom. The first-order valence-corrected chi connectivity index (χ1v) is 8.89. The zero-order valence-electron chi connectivity index (χ0n) is 14.4. The van der Waals surface area contributed by atoms with E-state index in [2.05, 4.69) is 21.2 Å². The first kappa shape index (κ1) is 18.8. The molecule has 0 saturated carbocycles. The van der Waals surface area contributed by atoms with Gasteiger partial charge in [0.1, 0.15) is 11.6 Å². The molecule has 1 N–H and O–H groups in total. The first-order valence-electron chi connectivity index (χ1n) is 8.10. The van der Waals surface area contributed by atoms with Crippen LogP contribution in [0, 0.1) is 5.82 Å². The summed E-state index contributed by atoms with van der Waals surface area (Å²) in [5.74, 6) is -0.975. The maximum atomic E-state index is 13.8. The molecule has 0 unspecified atom stereocenters. The van der Waals surface area contributed by atoms with Gasteiger partial charge in [-0.3, -0.25) is 9.59 Å². The van der Waals surface area contributed by atoms with Gasteiger partial charge in [-0.05, 0) is 52.3 Å². The summed E-state index contributed by atoms with van der Waals surface area (Å²) in [7, 11) is 1.49. The van der Waals surface area contributed by atoms with Gasteiger partial charge in [0.05, 0.1) is 17.8 Å². The molecule has 0 atom stereocenters. The molecule has 0 spiro atoms. The van der Waals surface area contributed by atoms with Gasteiger partial charge >= 0.3 is 0 Å². The quantitative estimate of drug-likeness (QED) is 0.645. The van der Waals surface area contributed by atoms with Gasteiger partial charge in [0.25, 0.3) is 5.91 Å². The number of carbonyl (C=O) groups excluding carboxylic acids is 2. The number of likely N-dealkylation sites (N-methyl/N-ethyl adjacent to an activating group) is 1. The Labute approximate surface area is 163 Å². The minimum Gasteiger partial charge on any atom is -0.451 e. The van der Waals surface area contributed by atoms with Gasteiger partial charge in [-0.25, -0.2) is 4.39 Å². The Balaban J connectivity index is 1.66. The van der Waals surface area contributed by atoms with Crippen molar-refractivity contribution in [3.8, 4) is 11.3 Å². The summed E-state index contributed by atoms with van der Waals surface area (Å²) in [5, 5.41) is 2.73. The van der Waals surface area contributed by atoms with Crippen LogP contribution in [0.5, 0.6) is 0 Å². The Kier molecular flexibility index (Phi) is 5.71. The van der Waals surface area contributed by atoms with E-state index in [1.54, 1.807) is 36.4 Å². The Bertz CT molecular complexity index is 987. The normalized spacial score (nSPS) is 10.5. The minimum atomic E-state index is -0.472. The summed E-state index contributed by atoms with van der Waals surface area (Å²) in [6.45, 7) is -0.157. The number of amides is 2. The van der Waals surface area contributed by atoms with E-state index in [9.17, 15) is 14.0 Å². The SMILES string of the molecule is CN(CC(=O)Nc1ccccc1Br)C(=O)c1ccc(-c2ccccc2F)o1. The van der Waals surface area contributed by atoms with Crippen LogP contribution in [0.3, 0.4) is 0 Å². The number of nitrogens with one attached hydrogen (secondary N) is 1. The van der Waals surface area contributed by atoms with Crippen molar-refractivity contribution in [2.24, 2.45) is 0 Å². The molecule has 1 aromatic heterocycles. The highest BCUT2D eigenvalue weighted by molar-refractivity contribution is 9.10. The molecule has 0 saturated heterocycles. The predicted octanol–water partition coefficient (Wildman–Crippen LogP) is 4.56. The summed E-state index contributed by atoms with van der Waals surface area (Å²) >= 11 is 3.35. The summed E-state index contributed by atoms with van der Waals surface area (Å²) < 4.78 is 20.1. The second-order valence-corrected chi connectivity index (χ2v) is 6.69. The fourth-order valence-corrected chi connectivity index (χ4v) is 2.87. The maximum absolute atomic E-state index is 13.8. The summed E-state index contributed by atoms with van der Waals surface area (Å²) in [4.78, 5) is 25.9. The number of nitrogens with zero attached hydrogens (tertiary/aromatic N) is 1. The highest BCUT2D eigenvalue weighted by atomic mass is 79.9. The standard InChI is InChI=1S/C20H16BrFN2O3/c1-24(12-19(25)23-16-9-5-3-7-14(16)21)20(26)18-11-10-17(27-18)13-6-2-4-8-15(13)22/h2-11H,12H2,1H3,(H,23,25). The van der Waals surface area contributed by atoms with Crippen molar-refractivity contribution in [2.75, 3.05) is 18.9 Å². The van der Waals surface area contributed by atoms with Crippen molar-refractivity contribution in [3.05, 3.63) is 76.7 Å². The van der Waals surface area contributed by atoms with E-state index in [1.807, 2.05) is 6.07 Å². The molecule has 2 aromatic carbocycles. The number of halogens is 2. The molecular formula is C20H16BrFN2O3. The summed E-state index contributed by atoms with van der Waals surface area (Å²) in [5.41, 5.74) is 0.883. The molecule has 0 aliphatic heterocycles. The molecule has 0 aliphatic carbocycles. The lowest BCUT2D eigenvalue weighted by Crippen LogP contribution is -2.34. The molecule has 138 valence electrons. The van der Waals surface area contributed by atoms with Crippen LogP contribution in [0.25, 0.3) is 11.3 Å². The molecule has 0 radical (unpaired) electrons. The minimum absolute atomic E-state index is 0.0319. The lowest BCUT2D eigenvalue weighted by molar-refractivity contribution is -0.116. The third-order valence-corrected chi connectivity index (χ3v) is 4.52. The number of anilines is 1. The van der Waals surface area contributed by atoms with E-state index >= 15 is 0 Å². The number of furan rings is 1. The smallest absolute Gasteiger partial charge is 0.289 e. The van der Waals surface area contributed by atoms with Crippen molar-refractivity contribution in [3.63, 3.8) is 0 Å². The van der Waals surface area contributed by atoms with Crippen LogP contribution in [0.1, 0.15) is 10.6 Å². The average Bonchev–Trinajstić information content (AvgIpc) is 3.13. The van der Waals surface area contributed by atoms with E-state index in [4.69, 9.17) is 4.42 Å². The van der Waals surface area contributed by atoms with Gasteiger partial charge in [0.2, 0.25) is 5.91 Å². The molecule has 3 rings (SSSR count). The fourth-order valence-electron chi connectivity index (χ4n) is 2.49. The molecule has 0 aliphatic rings. The molecule has 5 nitrogen and oxygen atoms in total. The van der Waals surface area contributed by atoms with Crippen molar-refractivity contribution in [1.82, 2.24) is 4.90 Å². The second kappa shape index (κ2) is 8.18. The number of hydrogen-bond donors (Lipinski definition) is 1. The number of rotatable bonds is 5. The lowest BCUT2D eigenvalue weighted by atomic mass is 10.1. The van der Waals surface area contributed by atoms with Crippen LogP contribution in [-0.2, 0) is 4.79 Å². The summed E-state index contributed by atoms with van der Waals surface area (Å²) in [6.07, 6.45) is 0. The van der Waals surface area contributed by atoms with Gasteiger partial charge < -0.3 is 14.6 Å². The Morgan fingerprint density at radius 3 is 2.52 bits per heavy atom. The number of para-hydroxylation sites is 1. The highest BCUT2D eigenvalue weighted by Crippen LogP contribution is 2.25. The van der Waals surface area contributed by atoms with Crippen molar-refractivity contribution in [1.29, 1.82) is 0 Å². The van der Waals surface area contributed by atoms with E-state index in [0.717, 1.165) is 4.47 Å². The first-order chi connectivity index (χ1) is 13.0. The molecule has 27 heavy (non-hydrogen) atoms. The largest absolute Gasteiger partial charge is 0.451 e. The van der Waals surface area contributed by atoms with Gasteiger partial charge in [0.15, 0.2) is 5.76 Å². The van der Waals surface area contributed by atoms with Gasteiger partial charge in [0, 0.05) is 11.5 Å².